The van der Waals surface area contributed by atoms with E-state index in [9.17, 15) is 18.3 Å². The van der Waals surface area contributed by atoms with Crippen molar-refractivity contribution in [3.8, 4) is 0 Å². The molecule has 2 aromatic rings. The van der Waals surface area contributed by atoms with Crippen LogP contribution in [-0.2, 0) is 39.8 Å². The van der Waals surface area contributed by atoms with Crippen LogP contribution < -0.4 is 0 Å². The molecule has 12 nitrogen and oxygen atoms in total. The lowest BCUT2D eigenvalue weighted by Gasteiger charge is -2.35. The van der Waals surface area contributed by atoms with Crippen LogP contribution >= 0.6 is 0 Å². The predicted molar refractivity (Wildman–Crippen MR) is 118 cm³/mol. The maximum absolute atomic E-state index is 13.0. The number of imidazole rings is 1. The second-order valence-corrected chi connectivity index (χ2v) is 10.6. The quantitative estimate of drug-likeness (QED) is 0.600. The third-order valence-corrected chi connectivity index (χ3v) is 7.64. The minimum absolute atomic E-state index is 0.0405. The molecule has 1 N–H and O–H groups in total. The maximum Gasteiger partial charge on any atom is 0.261 e. The number of aryl methyl sites for hydroxylation is 2. The highest BCUT2D eigenvalue weighted by atomic mass is 32.2. The summed E-state index contributed by atoms with van der Waals surface area (Å²) in [5.74, 6) is -0.285. The highest BCUT2D eigenvalue weighted by Gasteiger charge is 2.32. The van der Waals surface area contributed by atoms with E-state index in [2.05, 4.69) is 15.3 Å². The van der Waals surface area contributed by atoms with Gasteiger partial charge >= 0.3 is 0 Å². The van der Waals surface area contributed by atoms with Gasteiger partial charge in [-0.15, -0.1) is 5.10 Å². The number of carbonyl (C=O) groups excluding carboxylic acids is 1. The minimum Gasteiger partial charge on any atom is -0.394 e. The van der Waals surface area contributed by atoms with Gasteiger partial charge in [-0.05, 0) is 13.3 Å². The molecule has 13 heteroatoms. The van der Waals surface area contributed by atoms with Crippen molar-refractivity contribution in [2.45, 2.75) is 57.0 Å². The third kappa shape index (κ3) is 5.96. The van der Waals surface area contributed by atoms with E-state index in [1.165, 1.54) is 23.9 Å². The molecule has 0 fully saturated rings. The fraction of sp³-hybridized carbons (Fsp3) is 0.700. The van der Waals surface area contributed by atoms with Crippen molar-refractivity contribution in [2.24, 2.45) is 13.0 Å². The van der Waals surface area contributed by atoms with E-state index in [0.29, 0.717) is 25.9 Å². The molecule has 33 heavy (non-hydrogen) atoms. The molecule has 0 saturated heterocycles. The van der Waals surface area contributed by atoms with Crippen LogP contribution in [0.1, 0.15) is 32.4 Å². The summed E-state index contributed by atoms with van der Waals surface area (Å²) in [5.41, 5.74) is 0.760. The zero-order chi connectivity index (χ0) is 24.2. The van der Waals surface area contributed by atoms with Crippen LogP contribution in [0, 0.1) is 5.92 Å². The van der Waals surface area contributed by atoms with Crippen molar-refractivity contribution in [2.75, 3.05) is 26.7 Å². The fourth-order valence-electron chi connectivity index (χ4n) is 3.78. The van der Waals surface area contributed by atoms with Crippen molar-refractivity contribution in [3.05, 3.63) is 24.4 Å². The van der Waals surface area contributed by atoms with Gasteiger partial charge in [-0.3, -0.25) is 4.79 Å². The van der Waals surface area contributed by atoms with E-state index in [0.717, 1.165) is 5.69 Å². The molecule has 3 atom stereocenters. The van der Waals surface area contributed by atoms with Crippen molar-refractivity contribution in [1.29, 1.82) is 0 Å². The number of likely N-dealkylation sites (N-methyl/N-ethyl adjacent to an activating group) is 1. The molecule has 0 spiro atoms. The number of nitrogens with zero attached hydrogens (tertiary/aromatic N) is 7. The Morgan fingerprint density at radius 1 is 1.39 bits per heavy atom. The molecule has 1 amide bonds. The van der Waals surface area contributed by atoms with Crippen molar-refractivity contribution in [1.82, 2.24) is 33.8 Å². The van der Waals surface area contributed by atoms with Crippen LogP contribution in [0.3, 0.4) is 0 Å². The largest absolute Gasteiger partial charge is 0.394 e. The number of fused-ring (bicyclic) bond motifs is 1. The molecule has 0 aromatic carbocycles. The van der Waals surface area contributed by atoms with Crippen LogP contribution in [-0.4, -0.2) is 92.1 Å². The molecule has 3 heterocycles. The topological polar surface area (TPSA) is 136 Å². The molecule has 1 aliphatic rings. The number of amides is 1. The summed E-state index contributed by atoms with van der Waals surface area (Å²) in [4.78, 5) is 18.5. The van der Waals surface area contributed by atoms with Crippen LogP contribution in [0.4, 0.5) is 0 Å². The molecular weight excluding hydrogens is 450 g/mol. The molecule has 0 unspecified atom stereocenters. The van der Waals surface area contributed by atoms with Gasteiger partial charge in [-0.2, -0.15) is 4.31 Å². The lowest BCUT2D eigenvalue weighted by Crippen LogP contribution is -2.47. The van der Waals surface area contributed by atoms with Crippen molar-refractivity contribution >= 4 is 15.9 Å². The summed E-state index contributed by atoms with van der Waals surface area (Å²) in [6.45, 7) is 4.67. The Morgan fingerprint density at radius 2 is 2.15 bits per heavy atom. The van der Waals surface area contributed by atoms with Gasteiger partial charge in [-0.1, -0.05) is 12.1 Å². The van der Waals surface area contributed by atoms with Gasteiger partial charge in [0.25, 0.3) is 10.0 Å². The Balaban J connectivity index is 1.86. The summed E-state index contributed by atoms with van der Waals surface area (Å²) >= 11 is 0. The zero-order valence-corrected chi connectivity index (χ0v) is 20.3. The average Bonchev–Trinajstić information content (AvgIpc) is 3.42. The van der Waals surface area contributed by atoms with Gasteiger partial charge < -0.3 is 19.3 Å². The van der Waals surface area contributed by atoms with Crippen molar-refractivity contribution in [3.63, 3.8) is 0 Å². The van der Waals surface area contributed by atoms with Crippen LogP contribution in [0.5, 0.6) is 0 Å². The molecular formula is C20H33N7O5S. The molecule has 1 aliphatic heterocycles. The van der Waals surface area contributed by atoms with E-state index >= 15 is 0 Å². The normalized spacial score (nSPS) is 22.0. The number of aliphatic hydroxyl groups is 1. The van der Waals surface area contributed by atoms with Gasteiger partial charge in [0.05, 0.1) is 43.6 Å². The van der Waals surface area contributed by atoms with E-state index in [4.69, 9.17) is 4.74 Å². The average molecular weight is 484 g/mol. The molecule has 2 aromatic heterocycles. The van der Waals surface area contributed by atoms with Crippen LogP contribution in [0.15, 0.2) is 23.7 Å². The van der Waals surface area contributed by atoms with E-state index in [-0.39, 0.29) is 42.7 Å². The summed E-state index contributed by atoms with van der Waals surface area (Å²) in [5, 5.41) is 17.7. The van der Waals surface area contributed by atoms with Gasteiger partial charge in [0.1, 0.15) is 0 Å². The Labute approximate surface area is 194 Å². The number of carbonyl (C=O) groups is 1. The first-order chi connectivity index (χ1) is 15.6. The zero-order valence-electron chi connectivity index (χ0n) is 19.5. The predicted octanol–water partition coefficient (Wildman–Crippen LogP) is -0.143. The SMILES string of the molecule is C[C@@H]1CN([C@@H](C)CO)C(=O)CCCn2nncc2CO[C@H]1CN(C)S(=O)(=O)c1cn(C)cn1. The highest BCUT2D eigenvalue weighted by Crippen LogP contribution is 2.20. The van der Waals surface area contributed by atoms with E-state index in [1.54, 1.807) is 34.3 Å². The summed E-state index contributed by atoms with van der Waals surface area (Å²) in [7, 11) is -0.624. The molecule has 0 bridgehead atoms. The second kappa shape index (κ2) is 10.7. The Hall–Kier alpha value is -2.35. The Bertz CT molecular complexity index is 1040. The molecule has 3 rings (SSSR count). The molecule has 0 radical (unpaired) electrons. The lowest BCUT2D eigenvalue weighted by atomic mass is 10.0. The van der Waals surface area contributed by atoms with Gasteiger partial charge in [0.15, 0.2) is 5.03 Å². The summed E-state index contributed by atoms with van der Waals surface area (Å²) in [6.07, 6.45) is 4.87. The Morgan fingerprint density at radius 3 is 2.82 bits per heavy atom. The van der Waals surface area contributed by atoms with Crippen molar-refractivity contribution < 1.29 is 23.1 Å². The molecule has 0 saturated carbocycles. The minimum atomic E-state index is -3.82. The fourth-order valence-corrected chi connectivity index (χ4v) is 4.92. The number of ether oxygens (including phenoxy) is 1. The summed E-state index contributed by atoms with van der Waals surface area (Å²) in [6, 6.07) is -0.361. The number of hydrogen-bond acceptors (Lipinski definition) is 8. The van der Waals surface area contributed by atoms with Gasteiger partial charge in [0, 0.05) is 52.3 Å². The first-order valence-corrected chi connectivity index (χ1v) is 12.4. The number of aliphatic hydroxyl groups excluding tert-OH is 1. The van der Waals surface area contributed by atoms with E-state index in [1.807, 2.05) is 6.92 Å². The first kappa shape index (κ1) is 25.3. The molecule has 184 valence electrons. The second-order valence-electron chi connectivity index (χ2n) is 8.62. The lowest BCUT2D eigenvalue weighted by molar-refractivity contribution is -0.136. The smallest absolute Gasteiger partial charge is 0.261 e. The Kier molecular flexibility index (Phi) is 8.21. The number of rotatable bonds is 6. The van der Waals surface area contributed by atoms with E-state index < -0.39 is 16.1 Å². The van der Waals surface area contributed by atoms with Crippen LogP contribution in [0.25, 0.3) is 0 Å². The molecule has 0 aliphatic carbocycles. The highest BCUT2D eigenvalue weighted by molar-refractivity contribution is 7.89. The summed E-state index contributed by atoms with van der Waals surface area (Å²) < 4.78 is 36.7. The standard InChI is InChI=1S/C20H33N7O5S/c1-15-9-26(16(2)12-28)20(29)6-5-7-27-17(8-22-23-27)13-32-18(15)10-25(4)33(30,31)19-11-24(3)14-21-19/h8,11,14-16,18,28H,5-7,9-10,12-13H2,1-4H3/t15-,16+,18+/m1/s1. The number of aromatic nitrogens is 5. The number of hydrogen-bond donors (Lipinski definition) is 1. The first-order valence-electron chi connectivity index (χ1n) is 11.0. The monoisotopic (exact) mass is 483 g/mol. The van der Waals surface area contributed by atoms with Gasteiger partial charge in [-0.25, -0.2) is 18.1 Å². The number of sulfonamides is 1. The third-order valence-electron chi connectivity index (χ3n) is 5.93. The van der Waals surface area contributed by atoms with Crippen LogP contribution in [0.2, 0.25) is 0 Å². The maximum atomic E-state index is 13.0. The van der Waals surface area contributed by atoms with Gasteiger partial charge in [0.2, 0.25) is 5.91 Å².